The average molecular weight is 259 g/mol. The zero-order chi connectivity index (χ0) is 13.8. The molecule has 0 spiro atoms. The van der Waals surface area contributed by atoms with Gasteiger partial charge in [-0.3, -0.25) is 4.79 Å². The lowest BCUT2D eigenvalue weighted by Gasteiger charge is -2.36. The molecule has 1 aromatic rings. The number of carbonyl (C=O) groups excluding carboxylic acids is 1. The van der Waals surface area contributed by atoms with Crippen molar-refractivity contribution in [1.82, 2.24) is 4.98 Å². The van der Waals surface area contributed by atoms with Gasteiger partial charge in [-0.2, -0.15) is 5.26 Å². The number of methoxy groups -OCH3 is 1. The van der Waals surface area contributed by atoms with E-state index < -0.39 is 0 Å². The number of anilines is 1. The Labute approximate surface area is 112 Å². The van der Waals surface area contributed by atoms with Crippen LogP contribution in [0.25, 0.3) is 0 Å². The molecule has 1 aliphatic heterocycles. The van der Waals surface area contributed by atoms with E-state index >= 15 is 0 Å². The molecule has 2 heterocycles. The van der Waals surface area contributed by atoms with Crippen molar-refractivity contribution in [1.29, 1.82) is 5.26 Å². The topological polar surface area (TPSA) is 66.2 Å². The summed E-state index contributed by atoms with van der Waals surface area (Å²) in [6.07, 6.45) is 2.50. The number of hydrogen-bond acceptors (Lipinski definition) is 5. The number of nitrogens with zero attached hydrogens (tertiary/aromatic N) is 3. The van der Waals surface area contributed by atoms with Gasteiger partial charge in [0.05, 0.1) is 24.9 Å². The van der Waals surface area contributed by atoms with Crippen LogP contribution in [-0.2, 0) is 9.53 Å². The molecule has 100 valence electrons. The molecular weight excluding hydrogens is 242 g/mol. The third kappa shape index (κ3) is 2.84. The summed E-state index contributed by atoms with van der Waals surface area (Å²) >= 11 is 0. The van der Waals surface area contributed by atoms with E-state index in [1.165, 1.54) is 7.11 Å². The van der Waals surface area contributed by atoms with E-state index in [2.05, 4.69) is 16.8 Å². The van der Waals surface area contributed by atoms with Crippen LogP contribution in [0, 0.1) is 23.2 Å². The molecule has 0 N–H and O–H groups in total. The van der Waals surface area contributed by atoms with Crippen molar-refractivity contribution >= 4 is 11.7 Å². The maximum Gasteiger partial charge on any atom is 0.309 e. The lowest BCUT2D eigenvalue weighted by molar-refractivity contribution is -0.147. The van der Waals surface area contributed by atoms with Gasteiger partial charge in [0.1, 0.15) is 11.8 Å². The molecule has 2 atom stereocenters. The maximum absolute atomic E-state index is 11.6. The number of nitriles is 1. The Morgan fingerprint density at radius 1 is 1.58 bits per heavy atom. The van der Waals surface area contributed by atoms with Gasteiger partial charge in [0.15, 0.2) is 0 Å². The first-order chi connectivity index (χ1) is 9.15. The lowest BCUT2D eigenvalue weighted by atomic mass is 9.87. The molecule has 1 aliphatic rings. The summed E-state index contributed by atoms with van der Waals surface area (Å²) in [6.45, 7) is 3.66. The van der Waals surface area contributed by atoms with Gasteiger partial charge in [0, 0.05) is 13.1 Å². The van der Waals surface area contributed by atoms with Crippen molar-refractivity contribution in [2.75, 3.05) is 25.1 Å². The second-order valence-electron chi connectivity index (χ2n) is 4.86. The second kappa shape index (κ2) is 5.70. The maximum atomic E-state index is 11.6. The Bertz CT molecular complexity index is 492. The van der Waals surface area contributed by atoms with Gasteiger partial charge in [0.2, 0.25) is 0 Å². The van der Waals surface area contributed by atoms with Gasteiger partial charge < -0.3 is 9.64 Å². The van der Waals surface area contributed by atoms with Crippen molar-refractivity contribution in [3.63, 3.8) is 0 Å². The Morgan fingerprint density at radius 2 is 2.37 bits per heavy atom. The second-order valence-corrected chi connectivity index (χ2v) is 4.86. The Kier molecular flexibility index (Phi) is 4.00. The Morgan fingerprint density at radius 3 is 2.89 bits per heavy atom. The highest BCUT2D eigenvalue weighted by atomic mass is 16.5. The fourth-order valence-corrected chi connectivity index (χ4v) is 2.52. The van der Waals surface area contributed by atoms with Crippen LogP contribution in [0.5, 0.6) is 0 Å². The van der Waals surface area contributed by atoms with Crippen LogP contribution in [0.1, 0.15) is 19.0 Å². The molecule has 0 unspecified atom stereocenters. The standard InChI is InChI=1S/C14H17N3O2/c1-10-9-17(6-5-13(10)14(18)19-2)12-4-3-11(7-15)16-8-12/h3-4,8,10,13H,5-6,9H2,1-2H3/t10-,13+/m0/s1. The van der Waals surface area contributed by atoms with Crippen molar-refractivity contribution in [3.05, 3.63) is 24.0 Å². The fourth-order valence-electron chi connectivity index (χ4n) is 2.52. The zero-order valence-electron chi connectivity index (χ0n) is 11.2. The number of esters is 1. The van der Waals surface area contributed by atoms with Crippen LogP contribution >= 0.6 is 0 Å². The fraction of sp³-hybridized carbons (Fsp3) is 0.500. The van der Waals surface area contributed by atoms with E-state index in [1.807, 2.05) is 12.1 Å². The SMILES string of the molecule is COC(=O)[C@@H]1CCN(c2ccc(C#N)nc2)C[C@@H]1C. The van der Waals surface area contributed by atoms with Crippen LogP contribution in [0.2, 0.25) is 0 Å². The number of aromatic nitrogens is 1. The van der Waals surface area contributed by atoms with Crippen molar-refractivity contribution in [3.8, 4) is 6.07 Å². The number of ether oxygens (including phenoxy) is 1. The highest BCUT2D eigenvalue weighted by molar-refractivity contribution is 5.73. The monoisotopic (exact) mass is 259 g/mol. The summed E-state index contributed by atoms with van der Waals surface area (Å²) in [6, 6.07) is 5.62. The Balaban J connectivity index is 2.05. The summed E-state index contributed by atoms with van der Waals surface area (Å²) in [7, 11) is 1.44. The minimum absolute atomic E-state index is 0.0207. The number of carbonyl (C=O) groups is 1. The molecule has 19 heavy (non-hydrogen) atoms. The molecule has 2 rings (SSSR count). The molecule has 0 amide bonds. The predicted molar refractivity (Wildman–Crippen MR) is 70.5 cm³/mol. The smallest absolute Gasteiger partial charge is 0.309 e. The number of piperidine rings is 1. The van der Waals surface area contributed by atoms with Crippen LogP contribution in [0.15, 0.2) is 18.3 Å². The van der Waals surface area contributed by atoms with Gasteiger partial charge in [-0.15, -0.1) is 0 Å². The molecule has 1 fully saturated rings. The molecule has 0 bridgehead atoms. The minimum Gasteiger partial charge on any atom is -0.469 e. The normalized spacial score (nSPS) is 22.7. The van der Waals surface area contributed by atoms with Gasteiger partial charge in [0.25, 0.3) is 0 Å². The van der Waals surface area contributed by atoms with Gasteiger partial charge in [-0.1, -0.05) is 6.92 Å². The molecule has 5 nitrogen and oxygen atoms in total. The molecule has 5 heteroatoms. The summed E-state index contributed by atoms with van der Waals surface area (Å²) in [4.78, 5) is 17.9. The highest BCUT2D eigenvalue weighted by Gasteiger charge is 2.32. The third-order valence-corrected chi connectivity index (χ3v) is 3.64. The van der Waals surface area contributed by atoms with Gasteiger partial charge in [-0.25, -0.2) is 4.98 Å². The van der Waals surface area contributed by atoms with Crippen molar-refractivity contribution in [2.45, 2.75) is 13.3 Å². The third-order valence-electron chi connectivity index (χ3n) is 3.64. The van der Waals surface area contributed by atoms with Crippen molar-refractivity contribution in [2.24, 2.45) is 11.8 Å². The van der Waals surface area contributed by atoms with Crippen molar-refractivity contribution < 1.29 is 9.53 Å². The molecule has 0 saturated carbocycles. The average Bonchev–Trinajstić information content (AvgIpc) is 2.46. The van der Waals surface area contributed by atoms with Crippen LogP contribution in [0.4, 0.5) is 5.69 Å². The number of pyridine rings is 1. The first-order valence-corrected chi connectivity index (χ1v) is 6.34. The van der Waals surface area contributed by atoms with E-state index in [0.29, 0.717) is 5.69 Å². The summed E-state index contributed by atoms with van der Waals surface area (Å²) in [5.74, 6) is 0.106. The molecular formula is C14H17N3O2. The largest absolute Gasteiger partial charge is 0.469 e. The first kappa shape index (κ1) is 13.3. The van der Waals surface area contributed by atoms with Crippen LogP contribution < -0.4 is 4.90 Å². The number of hydrogen-bond donors (Lipinski definition) is 0. The summed E-state index contributed by atoms with van der Waals surface area (Å²) < 4.78 is 4.83. The van der Waals surface area contributed by atoms with E-state index in [4.69, 9.17) is 10.00 Å². The molecule has 0 radical (unpaired) electrons. The van der Waals surface area contributed by atoms with Gasteiger partial charge in [-0.05, 0) is 24.5 Å². The molecule has 1 aromatic heterocycles. The number of rotatable bonds is 2. The summed E-state index contributed by atoms with van der Waals surface area (Å²) in [5.41, 5.74) is 1.41. The predicted octanol–water partition coefficient (Wildman–Crippen LogP) is 1.59. The van der Waals surface area contributed by atoms with Gasteiger partial charge >= 0.3 is 5.97 Å². The molecule has 1 saturated heterocycles. The van der Waals surface area contributed by atoms with E-state index in [-0.39, 0.29) is 17.8 Å². The quantitative estimate of drug-likeness (QED) is 0.754. The van der Waals surface area contributed by atoms with E-state index in [1.54, 1.807) is 12.3 Å². The minimum atomic E-state index is -0.120. The highest BCUT2D eigenvalue weighted by Crippen LogP contribution is 2.27. The molecule has 0 aliphatic carbocycles. The van der Waals surface area contributed by atoms with Crippen LogP contribution in [0.3, 0.4) is 0 Å². The summed E-state index contributed by atoms with van der Waals surface area (Å²) in [5, 5.41) is 8.73. The zero-order valence-corrected chi connectivity index (χ0v) is 11.2. The lowest BCUT2D eigenvalue weighted by Crippen LogP contribution is -2.42. The van der Waals surface area contributed by atoms with E-state index in [9.17, 15) is 4.79 Å². The first-order valence-electron chi connectivity index (χ1n) is 6.34. The van der Waals surface area contributed by atoms with Crippen LogP contribution in [-0.4, -0.2) is 31.2 Å². The Hall–Kier alpha value is -2.09. The van der Waals surface area contributed by atoms with E-state index in [0.717, 1.165) is 25.2 Å². The molecule has 0 aromatic carbocycles.